The third kappa shape index (κ3) is 4.45. The molecule has 1 saturated heterocycles. The number of carbonyl (C=O) groups is 1. The fraction of sp³-hybridized carbons (Fsp3) is 0.562. The van der Waals surface area contributed by atoms with Gasteiger partial charge in [0.2, 0.25) is 10.0 Å². The van der Waals surface area contributed by atoms with Gasteiger partial charge in [-0.2, -0.15) is 0 Å². The third-order valence-electron chi connectivity index (χ3n) is 4.23. The highest BCUT2D eigenvalue weighted by Gasteiger charge is 2.25. The van der Waals surface area contributed by atoms with Crippen molar-refractivity contribution in [2.75, 3.05) is 26.7 Å². The van der Waals surface area contributed by atoms with Crippen molar-refractivity contribution in [3.8, 4) is 0 Å². The SMILES string of the molecule is COC(=O)N1CCC(CNS(=O)(=O)c2ccc(C)cc2C)CC1. The van der Waals surface area contributed by atoms with Crippen LogP contribution in [0.3, 0.4) is 0 Å². The summed E-state index contributed by atoms with van der Waals surface area (Å²) in [6.45, 7) is 5.33. The maximum atomic E-state index is 12.4. The molecule has 7 heteroatoms. The molecule has 0 unspecified atom stereocenters. The Morgan fingerprint density at radius 1 is 1.30 bits per heavy atom. The molecule has 0 saturated carbocycles. The van der Waals surface area contributed by atoms with E-state index in [-0.39, 0.29) is 12.0 Å². The minimum atomic E-state index is -3.50. The topological polar surface area (TPSA) is 75.7 Å². The minimum absolute atomic E-state index is 0.233. The number of hydrogen-bond acceptors (Lipinski definition) is 4. The maximum Gasteiger partial charge on any atom is 0.409 e. The molecule has 0 bridgehead atoms. The first-order valence-electron chi connectivity index (χ1n) is 7.73. The number of carbonyl (C=O) groups excluding carboxylic acids is 1. The van der Waals surface area contributed by atoms with Crippen LogP contribution in [-0.4, -0.2) is 46.2 Å². The van der Waals surface area contributed by atoms with Gasteiger partial charge in [0.15, 0.2) is 0 Å². The Kier molecular flexibility index (Phi) is 5.64. The van der Waals surface area contributed by atoms with Gasteiger partial charge in [-0.3, -0.25) is 0 Å². The summed E-state index contributed by atoms with van der Waals surface area (Å²) < 4.78 is 32.3. The van der Waals surface area contributed by atoms with E-state index in [0.717, 1.165) is 24.0 Å². The van der Waals surface area contributed by atoms with Gasteiger partial charge < -0.3 is 9.64 Å². The Balaban J connectivity index is 1.92. The van der Waals surface area contributed by atoms with E-state index in [1.54, 1.807) is 24.0 Å². The second-order valence-corrected chi connectivity index (χ2v) is 7.76. The Hall–Kier alpha value is -1.60. The molecule has 1 aliphatic heterocycles. The van der Waals surface area contributed by atoms with Gasteiger partial charge in [-0.25, -0.2) is 17.9 Å². The number of aryl methyl sites for hydroxylation is 2. The lowest BCUT2D eigenvalue weighted by atomic mass is 9.97. The summed E-state index contributed by atoms with van der Waals surface area (Å²) in [7, 11) is -2.13. The van der Waals surface area contributed by atoms with Crippen LogP contribution in [0.5, 0.6) is 0 Å². The van der Waals surface area contributed by atoms with E-state index in [2.05, 4.69) is 4.72 Å². The summed E-state index contributed by atoms with van der Waals surface area (Å²) >= 11 is 0. The smallest absolute Gasteiger partial charge is 0.409 e. The van der Waals surface area contributed by atoms with Crippen LogP contribution in [-0.2, 0) is 14.8 Å². The van der Waals surface area contributed by atoms with Crippen molar-refractivity contribution in [3.05, 3.63) is 29.3 Å². The molecule has 1 aromatic rings. The number of methoxy groups -OCH3 is 1. The predicted molar refractivity (Wildman–Crippen MR) is 87.8 cm³/mol. The van der Waals surface area contributed by atoms with Crippen LogP contribution in [0, 0.1) is 19.8 Å². The van der Waals surface area contributed by atoms with Gasteiger partial charge in [-0.05, 0) is 44.2 Å². The number of likely N-dealkylation sites (tertiary alicyclic amines) is 1. The van der Waals surface area contributed by atoms with Crippen LogP contribution in [0.4, 0.5) is 4.79 Å². The number of sulfonamides is 1. The Morgan fingerprint density at radius 3 is 2.52 bits per heavy atom. The molecule has 1 heterocycles. The molecule has 2 rings (SSSR count). The molecule has 128 valence electrons. The van der Waals surface area contributed by atoms with Gasteiger partial charge >= 0.3 is 6.09 Å². The highest BCUT2D eigenvalue weighted by atomic mass is 32.2. The molecule has 1 N–H and O–H groups in total. The van der Waals surface area contributed by atoms with E-state index < -0.39 is 10.0 Å². The monoisotopic (exact) mass is 340 g/mol. The van der Waals surface area contributed by atoms with E-state index >= 15 is 0 Å². The number of amides is 1. The van der Waals surface area contributed by atoms with Crippen LogP contribution in [0.1, 0.15) is 24.0 Å². The molecular formula is C16H24N2O4S. The van der Waals surface area contributed by atoms with Gasteiger partial charge in [0.25, 0.3) is 0 Å². The summed E-state index contributed by atoms with van der Waals surface area (Å²) in [6.07, 6.45) is 1.22. The van der Waals surface area contributed by atoms with Crippen LogP contribution in [0.25, 0.3) is 0 Å². The zero-order valence-corrected chi connectivity index (χ0v) is 14.6. The van der Waals surface area contributed by atoms with E-state index in [9.17, 15) is 13.2 Å². The van der Waals surface area contributed by atoms with Gasteiger partial charge in [-0.15, -0.1) is 0 Å². The number of nitrogens with zero attached hydrogens (tertiary/aromatic N) is 1. The highest BCUT2D eigenvalue weighted by Crippen LogP contribution is 2.20. The number of nitrogens with one attached hydrogen (secondary N) is 1. The minimum Gasteiger partial charge on any atom is -0.453 e. The summed E-state index contributed by atoms with van der Waals surface area (Å²) in [6, 6.07) is 5.31. The highest BCUT2D eigenvalue weighted by molar-refractivity contribution is 7.89. The van der Waals surface area contributed by atoms with Gasteiger partial charge in [0, 0.05) is 19.6 Å². The number of ether oxygens (including phenoxy) is 1. The average Bonchev–Trinajstić information content (AvgIpc) is 2.52. The van der Waals surface area contributed by atoms with Gasteiger partial charge in [0.1, 0.15) is 0 Å². The van der Waals surface area contributed by atoms with Crippen molar-refractivity contribution in [2.45, 2.75) is 31.6 Å². The normalized spacial score (nSPS) is 16.4. The number of piperidine rings is 1. The lowest BCUT2D eigenvalue weighted by Gasteiger charge is -2.30. The second kappa shape index (κ2) is 7.31. The standard InChI is InChI=1S/C16H24N2O4S/c1-12-4-5-15(13(2)10-12)23(20,21)17-11-14-6-8-18(9-7-14)16(19)22-3/h4-5,10,14,17H,6-9,11H2,1-3H3. The largest absolute Gasteiger partial charge is 0.453 e. The summed E-state index contributed by atoms with van der Waals surface area (Å²) in [5.41, 5.74) is 1.79. The number of benzene rings is 1. The van der Waals surface area contributed by atoms with Crippen LogP contribution < -0.4 is 4.72 Å². The van der Waals surface area contributed by atoms with Crippen molar-refractivity contribution in [3.63, 3.8) is 0 Å². The summed E-state index contributed by atoms with van der Waals surface area (Å²) in [5, 5.41) is 0. The van der Waals surface area contributed by atoms with E-state index in [4.69, 9.17) is 4.74 Å². The van der Waals surface area contributed by atoms with Crippen molar-refractivity contribution in [1.82, 2.24) is 9.62 Å². The van der Waals surface area contributed by atoms with Crippen LogP contribution in [0.15, 0.2) is 23.1 Å². The van der Waals surface area contributed by atoms with Crippen LogP contribution in [0.2, 0.25) is 0 Å². The molecule has 1 aromatic carbocycles. The molecule has 0 aliphatic carbocycles. The van der Waals surface area contributed by atoms with E-state index in [0.29, 0.717) is 24.5 Å². The Bertz CT molecular complexity index is 665. The molecule has 0 spiro atoms. The molecule has 6 nitrogen and oxygen atoms in total. The van der Waals surface area contributed by atoms with E-state index in [1.165, 1.54) is 7.11 Å². The van der Waals surface area contributed by atoms with E-state index in [1.807, 2.05) is 13.0 Å². The first kappa shape index (κ1) is 17.7. The average molecular weight is 340 g/mol. The fourth-order valence-corrected chi connectivity index (χ4v) is 4.20. The van der Waals surface area contributed by atoms with Crippen molar-refractivity contribution < 1.29 is 17.9 Å². The molecule has 23 heavy (non-hydrogen) atoms. The van der Waals surface area contributed by atoms with Crippen molar-refractivity contribution >= 4 is 16.1 Å². The molecule has 1 amide bonds. The lowest BCUT2D eigenvalue weighted by molar-refractivity contribution is 0.106. The van der Waals surface area contributed by atoms with Gasteiger partial charge in [-0.1, -0.05) is 17.7 Å². The molecular weight excluding hydrogens is 316 g/mol. The van der Waals surface area contributed by atoms with Crippen molar-refractivity contribution in [2.24, 2.45) is 5.92 Å². The first-order chi connectivity index (χ1) is 10.8. The fourth-order valence-electron chi connectivity index (χ4n) is 2.85. The number of hydrogen-bond donors (Lipinski definition) is 1. The molecule has 0 aromatic heterocycles. The molecule has 0 atom stereocenters. The zero-order chi connectivity index (χ0) is 17.0. The molecule has 1 fully saturated rings. The lowest BCUT2D eigenvalue weighted by Crippen LogP contribution is -2.41. The van der Waals surface area contributed by atoms with Crippen molar-refractivity contribution in [1.29, 1.82) is 0 Å². The van der Waals surface area contributed by atoms with Crippen LogP contribution >= 0.6 is 0 Å². The zero-order valence-electron chi connectivity index (χ0n) is 13.8. The molecule has 0 radical (unpaired) electrons. The summed E-state index contributed by atoms with van der Waals surface area (Å²) in [4.78, 5) is 13.4. The quantitative estimate of drug-likeness (QED) is 0.910. The summed E-state index contributed by atoms with van der Waals surface area (Å²) in [5.74, 6) is 0.233. The number of rotatable bonds is 4. The third-order valence-corrected chi connectivity index (χ3v) is 5.81. The predicted octanol–water partition coefficient (Wildman–Crippen LogP) is 2.06. The molecule has 1 aliphatic rings. The van der Waals surface area contributed by atoms with Gasteiger partial charge in [0.05, 0.1) is 12.0 Å². The Morgan fingerprint density at radius 2 is 1.96 bits per heavy atom. The second-order valence-electron chi connectivity index (χ2n) is 6.02. The Labute approximate surface area is 137 Å². The maximum absolute atomic E-state index is 12.4. The first-order valence-corrected chi connectivity index (χ1v) is 9.21.